The lowest BCUT2D eigenvalue weighted by Crippen LogP contribution is -2.26. The Morgan fingerprint density at radius 1 is 1.16 bits per heavy atom. The van der Waals surface area contributed by atoms with Gasteiger partial charge in [-0.05, 0) is 36.2 Å². The van der Waals surface area contributed by atoms with Gasteiger partial charge in [0.25, 0.3) is 5.89 Å². The Labute approximate surface area is 149 Å². The molecule has 128 valence electrons. The van der Waals surface area contributed by atoms with Crippen molar-refractivity contribution in [1.29, 1.82) is 0 Å². The minimum atomic E-state index is -0.414. The molecule has 0 aliphatic rings. The number of ether oxygens (including phenoxy) is 1. The van der Waals surface area contributed by atoms with Crippen molar-refractivity contribution in [3.05, 3.63) is 65.0 Å². The zero-order valence-electron chi connectivity index (χ0n) is 13.5. The van der Waals surface area contributed by atoms with Crippen LogP contribution in [0.2, 0.25) is 5.02 Å². The molecule has 1 N–H and O–H groups in total. The number of carbonyl (C=O) groups is 1. The van der Waals surface area contributed by atoms with Gasteiger partial charge in [0.05, 0.1) is 12.7 Å². The summed E-state index contributed by atoms with van der Waals surface area (Å²) in [5.74, 6) is 0.334. The third-order valence-corrected chi connectivity index (χ3v) is 3.82. The predicted molar refractivity (Wildman–Crippen MR) is 93.8 cm³/mol. The van der Waals surface area contributed by atoms with E-state index in [0.717, 1.165) is 5.56 Å². The number of nitrogens with zero attached hydrogens (tertiary/aromatic N) is 2. The number of para-hydroxylation sites is 1. The standard InChI is InChI=1S/C18H16ClN3O3/c1-24-15-5-3-2-4-14(15)17-21-22-18(25-17)16(23)20-11-10-12-6-8-13(19)9-7-12/h2-9H,10-11H2,1H3,(H,20,23). The number of aromatic nitrogens is 2. The van der Waals surface area contributed by atoms with Gasteiger partial charge in [0.1, 0.15) is 5.75 Å². The molecule has 6 nitrogen and oxygen atoms in total. The van der Waals surface area contributed by atoms with Crippen LogP contribution in [0.3, 0.4) is 0 Å². The van der Waals surface area contributed by atoms with E-state index in [1.54, 1.807) is 19.2 Å². The van der Waals surface area contributed by atoms with Crippen LogP contribution >= 0.6 is 11.6 Å². The van der Waals surface area contributed by atoms with Gasteiger partial charge in [-0.2, -0.15) is 0 Å². The van der Waals surface area contributed by atoms with Crippen molar-refractivity contribution in [2.45, 2.75) is 6.42 Å². The molecule has 0 spiro atoms. The maximum atomic E-state index is 12.1. The summed E-state index contributed by atoms with van der Waals surface area (Å²) in [6, 6.07) is 14.7. The van der Waals surface area contributed by atoms with E-state index in [9.17, 15) is 4.79 Å². The van der Waals surface area contributed by atoms with Crippen LogP contribution in [-0.4, -0.2) is 29.8 Å². The van der Waals surface area contributed by atoms with Gasteiger partial charge < -0.3 is 14.5 Å². The Hall–Kier alpha value is -2.86. The smallest absolute Gasteiger partial charge is 0.308 e. The predicted octanol–water partition coefficient (Wildman–Crippen LogP) is 3.37. The first-order valence-corrected chi connectivity index (χ1v) is 8.04. The second-order valence-electron chi connectivity index (χ2n) is 5.25. The summed E-state index contributed by atoms with van der Waals surface area (Å²) in [4.78, 5) is 12.1. The molecule has 1 aromatic heterocycles. The van der Waals surface area contributed by atoms with Crippen molar-refractivity contribution in [3.63, 3.8) is 0 Å². The van der Waals surface area contributed by atoms with Crippen LogP contribution in [0.25, 0.3) is 11.5 Å². The van der Waals surface area contributed by atoms with Crippen molar-refractivity contribution in [3.8, 4) is 17.2 Å². The highest BCUT2D eigenvalue weighted by Gasteiger charge is 2.17. The van der Waals surface area contributed by atoms with Crippen LogP contribution in [-0.2, 0) is 6.42 Å². The third-order valence-electron chi connectivity index (χ3n) is 3.57. The van der Waals surface area contributed by atoms with E-state index in [1.807, 2.05) is 36.4 Å². The number of amides is 1. The first-order chi connectivity index (χ1) is 12.2. The normalized spacial score (nSPS) is 10.5. The van der Waals surface area contributed by atoms with Crippen molar-refractivity contribution in [1.82, 2.24) is 15.5 Å². The molecule has 3 rings (SSSR count). The molecular formula is C18H16ClN3O3. The summed E-state index contributed by atoms with van der Waals surface area (Å²) < 4.78 is 10.7. The number of methoxy groups -OCH3 is 1. The van der Waals surface area contributed by atoms with Crippen LogP contribution in [0.15, 0.2) is 52.9 Å². The Kier molecular flexibility index (Phi) is 5.30. The Morgan fingerprint density at radius 3 is 2.68 bits per heavy atom. The van der Waals surface area contributed by atoms with Crippen LogP contribution in [0.4, 0.5) is 0 Å². The molecule has 1 heterocycles. The maximum Gasteiger partial charge on any atom is 0.308 e. The number of nitrogens with one attached hydrogen (secondary N) is 1. The number of hydrogen-bond acceptors (Lipinski definition) is 5. The summed E-state index contributed by atoms with van der Waals surface area (Å²) >= 11 is 5.84. The van der Waals surface area contributed by atoms with Crippen LogP contribution in [0.1, 0.15) is 16.2 Å². The molecule has 0 radical (unpaired) electrons. The van der Waals surface area contributed by atoms with Crippen molar-refractivity contribution >= 4 is 17.5 Å². The first kappa shape index (κ1) is 17.0. The van der Waals surface area contributed by atoms with E-state index in [2.05, 4.69) is 15.5 Å². The lowest BCUT2D eigenvalue weighted by atomic mass is 10.1. The van der Waals surface area contributed by atoms with Gasteiger partial charge in [0, 0.05) is 11.6 Å². The molecule has 0 saturated carbocycles. The lowest BCUT2D eigenvalue weighted by Gasteiger charge is -2.04. The summed E-state index contributed by atoms with van der Waals surface area (Å²) in [5.41, 5.74) is 1.71. The van der Waals surface area contributed by atoms with Gasteiger partial charge in [0.2, 0.25) is 0 Å². The average Bonchev–Trinajstić information content (AvgIpc) is 3.13. The van der Waals surface area contributed by atoms with E-state index in [0.29, 0.717) is 29.3 Å². The second-order valence-corrected chi connectivity index (χ2v) is 5.68. The van der Waals surface area contributed by atoms with Gasteiger partial charge in [-0.25, -0.2) is 0 Å². The maximum absolute atomic E-state index is 12.1. The molecule has 0 fully saturated rings. The molecule has 2 aromatic carbocycles. The van der Waals surface area contributed by atoms with E-state index in [-0.39, 0.29) is 11.8 Å². The molecule has 0 bridgehead atoms. The molecule has 0 atom stereocenters. The van der Waals surface area contributed by atoms with Crippen LogP contribution < -0.4 is 10.1 Å². The van der Waals surface area contributed by atoms with Crippen LogP contribution in [0, 0.1) is 0 Å². The average molecular weight is 358 g/mol. The highest BCUT2D eigenvalue weighted by molar-refractivity contribution is 6.30. The quantitative estimate of drug-likeness (QED) is 0.731. The largest absolute Gasteiger partial charge is 0.496 e. The van der Waals surface area contributed by atoms with Gasteiger partial charge in [-0.3, -0.25) is 4.79 Å². The SMILES string of the molecule is COc1ccccc1-c1nnc(C(=O)NCCc2ccc(Cl)cc2)o1. The highest BCUT2D eigenvalue weighted by atomic mass is 35.5. The summed E-state index contributed by atoms with van der Waals surface area (Å²) in [6.07, 6.45) is 0.677. The molecule has 3 aromatic rings. The van der Waals surface area contributed by atoms with Crippen molar-refractivity contribution in [2.24, 2.45) is 0 Å². The highest BCUT2D eigenvalue weighted by Crippen LogP contribution is 2.28. The molecule has 0 unspecified atom stereocenters. The minimum absolute atomic E-state index is 0.0861. The van der Waals surface area contributed by atoms with Gasteiger partial charge >= 0.3 is 11.8 Å². The molecule has 0 aliphatic carbocycles. The molecular weight excluding hydrogens is 342 g/mol. The Bertz CT molecular complexity index is 862. The van der Waals surface area contributed by atoms with E-state index in [1.165, 1.54) is 0 Å². The number of benzene rings is 2. The molecule has 7 heteroatoms. The summed E-state index contributed by atoms with van der Waals surface area (Å²) in [6.45, 7) is 0.451. The molecule has 0 aliphatic heterocycles. The van der Waals surface area contributed by atoms with E-state index in [4.69, 9.17) is 20.8 Å². The number of carbonyl (C=O) groups excluding carboxylic acids is 1. The van der Waals surface area contributed by atoms with Gasteiger partial charge in [-0.1, -0.05) is 35.9 Å². The monoisotopic (exact) mass is 357 g/mol. The third kappa shape index (κ3) is 4.16. The van der Waals surface area contributed by atoms with Crippen LogP contribution in [0.5, 0.6) is 5.75 Å². The molecule has 25 heavy (non-hydrogen) atoms. The fourth-order valence-corrected chi connectivity index (χ4v) is 2.42. The number of rotatable bonds is 6. The topological polar surface area (TPSA) is 77.2 Å². The summed E-state index contributed by atoms with van der Waals surface area (Å²) in [7, 11) is 1.56. The fraction of sp³-hybridized carbons (Fsp3) is 0.167. The van der Waals surface area contributed by atoms with E-state index >= 15 is 0 Å². The van der Waals surface area contributed by atoms with Gasteiger partial charge in [-0.15, -0.1) is 10.2 Å². The first-order valence-electron chi connectivity index (χ1n) is 7.67. The fourth-order valence-electron chi connectivity index (χ4n) is 2.29. The Balaban J connectivity index is 1.61. The lowest BCUT2D eigenvalue weighted by molar-refractivity contribution is 0.0920. The van der Waals surface area contributed by atoms with E-state index < -0.39 is 5.91 Å². The molecule has 1 amide bonds. The van der Waals surface area contributed by atoms with Gasteiger partial charge in [0.15, 0.2) is 0 Å². The zero-order valence-corrected chi connectivity index (χ0v) is 14.3. The minimum Gasteiger partial charge on any atom is -0.496 e. The van der Waals surface area contributed by atoms with Crippen molar-refractivity contribution < 1.29 is 13.9 Å². The number of halogens is 1. The zero-order chi connectivity index (χ0) is 17.6. The molecule has 0 saturated heterocycles. The second kappa shape index (κ2) is 7.81. The van der Waals surface area contributed by atoms with Crippen molar-refractivity contribution in [2.75, 3.05) is 13.7 Å². The Morgan fingerprint density at radius 2 is 1.92 bits per heavy atom. The number of hydrogen-bond donors (Lipinski definition) is 1. The summed E-state index contributed by atoms with van der Waals surface area (Å²) in [5, 5.41) is 11.2.